The van der Waals surface area contributed by atoms with E-state index in [2.05, 4.69) is 20.4 Å². The van der Waals surface area contributed by atoms with Gasteiger partial charge in [-0.05, 0) is 13.3 Å². The summed E-state index contributed by atoms with van der Waals surface area (Å²) in [5.74, 6) is 0.0682. The van der Waals surface area contributed by atoms with E-state index in [0.29, 0.717) is 25.2 Å². The molecule has 0 unspecified atom stereocenters. The number of aryl methyl sites for hydroxylation is 1. The van der Waals surface area contributed by atoms with Gasteiger partial charge >= 0.3 is 0 Å². The van der Waals surface area contributed by atoms with E-state index in [1.807, 2.05) is 18.7 Å². The molecule has 0 saturated carbocycles. The van der Waals surface area contributed by atoms with Crippen molar-refractivity contribution in [2.24, 2.45) is 0 Å². The molecule has 2 heterocycles. The Kier molecular flexibility index (Phi) is 5.32. The van der Waals surface area contributed by atoms with Gasteiger partial charge in [0.05, 0.1) is 18.3 Å². The molecule has 1 saturated heterocycles. The number of rotatable bonds is 5. The van der Waals surface area contributed by atoms with Crippen molar-refractivity contribution in [1.29, 1.82) is 0 Å². The van der Waals surface area contributed by atoms with Gasteiger partial charge in [-0.2, -0.15) is 5.10 Å². The molecule has 21 heavy (non-hydrogen) atoms. The van der Waals surface area contributed by atoms with Crippen molar-refractivity contribution in [3.8, 4) is 0 Å². The zero-order chi connectivity index (χ0) is 15.2. The molecule has 1 aliphatic heterocycles. The number of aromatic amines is 1. The van der Waals surface area contributed by atoms with Crippen LogP contribution in [0.1, 0.15) is 29.4 Å². The summed E-state index contributed by atoms with van der Waals surface area (Å²) in [6.45, 7) is 7.74. The lowest BCUT2D eigenvalue weighted by molar-refractivity contribution is -0.122. The normalized spacial score (nSPS) is 16.0. The van der Waals surface area contributed by atoms with Crippen LogP contribution in [0.4, 0.5) is 0 Å². The maximum Gasteiger partial charge on any atom is 0.257 e. The quantitative estimate of drug-likeness (QED) is 0.801. The smallest absolute Gasteiger partial charge is 0.257 e. The highest BCUT2D eigenvalue weighted by atomic mass is 16.2. The lowest BCUT2D eigenvalue weighted by Crippen LogP contribution is -2.51. The van der Waals surface area contributed by atoms with Crippen LogP contribution in [0.15, 0.2) is 6.20 Å². The minimum absolute atomic E-state index is 0.0105. The lowest BCUT2D eigenvalue weighted by atomic mass is 10.2. The Labute approximate surface area is 124 Å². The Morgan fingerprint density at radius 2 is 2.05 bits per heavy atom. The van der Waals surface area contributed by atoms with Gasteiger partial charge in [-0.25, -0.2) is 0 Å². The van der Waals surface area contributed by atoms with Crippen LogP contribution < -0.4 is 5.32 Å². The van der Waals surface area contributed by atoms with Crippen molar-refractivity contribution >= 4 is 11.8 Å². The zero-order valence-corrected chi connectivity index (χ0v) is 12.7. The molecule has 1 aliphatic rings. The first kappa shape index (κ1) is 15.5. The summed E-state index contributed by atoms with van der Waals surface area (Å²) in [5, 5.41) is 9.54. The number of aromatic nitrogens is 2. The number of hydrogen-bond acceptors (Lipinski definition) is 4. The van der Waals surface area contributed by atoms with Gasteiger partial charge in [0.1, 0.15) is 0 Å². The summed E-state index contributed by atoms with van der Waals surface area (Å²) in [5.41, 5.74) is 1.42. The van der Waals surface area contributed by atoms with Crippen LogP contribution in [0.2, 0.25) is 0 Å². The summed E-state index contributed by atoms with van der Waals surface area (Å²) < 4.78 is 0. The molecule has 0 spiro atoms. The predicted molar refractivity (Wildman–Crippen MR) is 79.0 cm³/mol. The van der Waals surface area contributed by atoms with Gasteiger partial charge in [0.25, 0.3) is 5.91 Å². The van der Waals surface area contributed by atoms with Crippen LogP contribution in [-0.4, -0.2) is 71.1 Å². The summed E-state index contributed by atoms with van der Waals surface area (Å²) in [6, 6.07) is 0. The fraction of sp³-hybridized carbons (Fsp3) is 0.643. The summed E-state index contributed by atoms with van der Waals surface area (Å²) in [4.78, 5) is 27.9. The van der Waals surface area contributed by atoms with E-state index in [1.54, 1.807) is 6.20 Å². The Bertz CT molecular complexity index is 491. The number of H-pyrrole nitrogens is 1. The standard InChI is InChI=1S/C14H23N5O2/c1-3-4-15-13(20)10-18-5-7-19(8-6-18)14(21)12-9-16-17-11(12)2/h9H,3-8,10H2,1-2H3,(H,15,20)(H,16,17). The average Bonchev–Trinajstić information content (AvgIpc) is 2.91. The largest absolute Gasteiger partial charge is 0.355 e. The van der Waals surface area contributed by atoms with Crippen molar-refractivity contribution in [2.45, 2.75) is 20.3 Å². The van der Waals surface area contributed by atoms with Crippen molar-refractivity contribution in [3.63, 3.8) is 0 Å². The molecular weight excluding hydrogens is 270 g/mol. The lowest BCUT2D eigenvalue weighted by Gasteiger charge is -2.34. The number of nitrogens with zero attached hydrogens (tertiary/aromatic N) is 3. The molecule has 1 fully saturated rings. The average molecular weight is 293 g/mol. The number of amides is 2. The summed E-state index contributed by atoms with van der Waals surface area (Å²) >= 11 is 0. The van der Waals surface area contributed by atoms with Gasteiger partial charge in [0.2, 0.25) is 5.91 Å². The minimum atomic E-state index is 0.0105. The second-order valence-electron chi connectivity index (χ2n) is 5.33. The molecule has 2 N–H and O–H groups in total. The van der Waals surface area contributed by atoms with Crippen LogP contribution in [0.3, 0.4) is 0 Å². The number of hydrogen-bond donors (Lipinski definition) is 2. The van der Waals surface area contributed by atoms with Gasteiger partial charge < -0.3 is 10.2 Å². The van der Waals surface area contributed by atoms with Gasteiger partial charge in [-0.15, -0.1) is 0 Å². The van der Waals surface area contributed by atoms with Crippen LogP contribution in [-0.2, 0) is 4.79 Å². The number of nitrogens with one attached hydrogen (secondary N) is 2. The monoisotopic (exact) mass is 293 g/mol. The molecule has 0 radical (unpaired) electrons. The van der Waals surface area contributed by atoms with Crippen molar-refractivity contribution < 1.29 is 9.59 Å². The second kappa shape index (κ2) is 7.21. The maximum atomic E-state index is 12.3. The highest BCUT2D eigenvalue weighted by molar-refractivity contribution is 5.95. The number of carbonyl (C=O) groups excluding carboxylic acids is 2. The Morgan fingerprint density at radius 3 is 2.62 bits per heavy atom. The molecule has 0 bridgehead atoms. The van der Waals surface area contributed by atoms with Crippen molar-refractivity contribution in [3.05, 3.63) is 17.5 Å². The molecule has 1 aromatic rings. The van der Waals surface area contributed by atoms with E-state index in [1.165, 1.54) is 0 Å². The van der Waals surface area contributed by atoms with E-state index in [0.717, 1.165) is 31.7 Å². The zero-order valence-electron chi connectivity index (χ0n) is 12.7. The fourth-order valence-corrected chi connectivity index (χ4v) is 2.37. The predicted octanol–water partition coefficient (Wildman–Crippen LogP) is 0.00212. The molecule has 0 atom stereocenters. The first-order valence-corrected chi connectivity index (χ1v) is 7.40. The second-order valence-corrected chi connectivity index (χ2v) is 5.33. The van der Waals surface area contributed by atoms with E-state index < -0.39 is 0 Å². The van der Waals surface area contributed by atoms with Crippen molar-refractivity contribution in [2.75, 3.05) is 39.3 Å². The molecule has 2 rings (SSSR count). The SMILES string of the molecule is CCCNC(=O)CN1CCN(C(=O)c2cn[nH]c2C)CC1. The van der Waals surface area contributed by atoms with E-state index in [9.17, 15) is 9.59 Å². The van der Waals surface area contributed by atoms with Crippen LogP contribution in [0.5, 0.6) is 0 Å². The molecule has 1 aromatic heterocycles. The molecular formula is C14H23N5O2. The van der Waals surface area contributed by atoms with E-state index >= 15 is 0 Å². The van der Waals surface area contributed by atoms with Gasteiger partial charge in [-0.3, -0.25) is 19.6 Å². The van der Waals surface area contributed by atoms with Gasteiger partial charge in [0, 0.05) is 38.4 Å². The molecule has 0 aromatic carbocycles. The first-order chi connectivity index (χ1) is 10.1. The number of piperazine rings is 1. The van der Waals surface area contributed by atoms with E-state index in [-0.39, 0.29) is 11.8 Å². The fourth-order valence-electron chi connectivity index (χ4n) is 2.37. The van der Waals surface area contributed by atoms with Crippen LogP contribution in [0.25, 0.3) is 0 Å². The molecule has 116 valence electrons. The summed E-state index contributed by atoms with van der Waals surface area (Å²) in [7, 11) is 0. The highest BCUT2D eigenvalue weighted by Crippen LogP contribution is 2.10. The summed E-state index contributed by atoms with van der Waals surface area (Å²) in [6.07, 6.45) is 2.51. The highest BCUT2D eigenvalue weighted by Gasteiger charge is 2.24. The topological polar surface area (TPSA) is 81.3 Å². The van der Waals surface area contributed by atoms with Gasteiger partial charge in [0.15, 0.2) is 0 Å². The van der Waals surface area contributed by atoms with E-state index in [4.69, 9.17) is 0 Å². The van der Waals surface area contributed by atoms with Gasteiger partial charge in [-0.1, -0.05) is 6.92 Å². The minimum Gasteiger partial charge on any atom is -0.355 e. The Hall–Kier alpha value is -1.89. The van der Waals surface area contributed by atoms with Crippen molar-refractivity contribution in [1.82, 2.24) is 25.3 Å². The third kappa shape index (κ3) is 4.04. The third-order valence-electron chi connectivity index (χ3n) is 3.66. The maximum absolute atomic E-state index is 12.3. The molecule has 7 heteroatoms. The third-order valence-corrected chi connectivity index (χ3v) is 3.66. The molecule has 7 nitrogen and oxygen atoms in total. The Morgan fingerprint density at radius 1 is 1.33 bits per heavy atom. The molecule has 2 amide bonds. The molecule has 0 aliphatic carbocycles. The van der Waals surface area contributed by atoms with Crippen LogP contribution in [0, 0.1) is 6.92 Å². The number of carbonyl (C=O) groups is 2. The Balaban J connectivity index is 1.79. The van der Waals surface area contributed by atoms with Crippen LogP contribution >= 0.6 is 0 Å². The first-order valence-electron chi connectivity index (χ1n) is 7.40.